The Balaban J connectivity index is 1.86. The number of nitrogens with zero attached hydrogens (tertiary/aromatic N) is 3. The van der Waals surface area contributed by atoms with Crippen molar-refractivity contribution in [3.63, 3.8) is 0 Å². The molecule has 1 aliphatic heterocycles. The molecule has 0 fully saturated rings. The summed E-state index contributed by atoms with van der Waals surface area (Å²) < 4.78 is 7.39. The lowest BCUT2D eigenvalue weighted by molar-refractivity contribution is 0.0956. The second-order valence-corrected chi connectivity index (χ2v) is 5.51. The van der Waals surface area contributed by atoms with E-state index >= 15 is 0 Å². The summed E-state index contributed by atoms with van der Waals surface area (Å²) in [5, 5.41) is 2.82. The van der Waals surface area contributed by atoms with Gasteiger partial charge in [-0.2, -0.15) is 0 Å². The molecule has 1 aromatic carbocycles. The zero-order valence-corrected chi connectivity index (χ0v) is 13.1. The third-order valence-electron chi connectivity index (χ3n) is 4.04. The molecule has 0 saturated heterocycles. The Hall–Kier alpha value is -1.92. The number of carbonyl (C=O) groups excluding carboxylic acids is 1. The van der Waals surface area contributed by atoms with Gasteiger partial charge in [0.15, 0.2) is 0 Å². The van der Waals surface area contributed by atoms with Crippen molar-refractivity contribution in [2.24, 2.45) is 0 Å². The Bertz CT molecular complexity index is 680. The highest BCUT2D eigenvalue weighted by Gasteiger charge is 2.20. The minimum atomic E-state index is -0.0444. The van der Waals surface area contributed by atoms with Crippen molar-refractivity contribution in [2.45, 2.75) is 20.0 Å². The number of nitrogens with one attached hydrogen (secondary N) is 1. The Kier molecular flexibility index (Phi) is 4.40. The summed E-state index contributed by atoms with van der Waals surface area (Å²) >= 11 is 0. The van der Waals surface area contributed by atoms with Crippen LogP contribution in [0.5, 0.6) is 0 Å². The number of benzene rings is 1. The third-order valence-corrected chi connectivity index (χ3v) is 4.04. The first-order valence-corrected chi connectivity index (χ1v) is 7.71. The minimum Gasteiger partial charge on any atom is -0.383 e. The fourth-order valence-electron chi connectivity index (χ4n) is 2.89. The number of fused-ring (bicyclic) bond motifs is 3. The van der Waals surface area contributed by atoms with Gasteiger partial charge in [-0.15, -0.1) is 0 Å². The number of ether oxygens (including phenoxy) is 1. The molecule has 0 saturated carbocycles. The summed E-state index contributed by atoms with van der Waals surface area (Å²) in [6.45, 7) is 6.96. The van der Waals surface area contributed by atoms with Crippen molar-refractivity contribution >= 4 is 16.9 Å². The molecular weight excluding hydrogens is 280 g/mol. The molecule has 22 heavy (non-hydrogen) atoms. The lowest BCUT2D eigenvalue weighted by Crippen LogP contribution is -2.35. The number of methoxy groups -OCH3 is 1. The van der Waals surface area contributed by atoms with Crippen LogP contribution in [-0.2, 0) is 17.8 Å². The van der Waals surface area contributed by atoms with Crippen LogP contribution in [0.2, 0.25) is 0 Å². The largest absolute Gasteiger partial charge is 0.383 e. The lowest BCUT2D eigenvalue weighted by atomic mass is 10.2. The molecule has 1 aliphatic rings. The van der Waals surface area contributed by atoms with E-state index in [9.17, 15) is 4.79 Å². The molecule has 2 aromatic rings. The monoisotopic (exact) mass is 302 g/mol. The number of imidazole rings is 1. The highest BCUT2D eigenvalue weighted by atomic mass is 16.5. The van der Waals surface area contributed by atoms with Gasteiger partial charge in [-0.1, -0.05) is 0 Å². The molecule has 3 rings (SSSR count). The molecule has 1 aromatic heterocycles. The Morgan fingerprint density at radius 2 is 2.27 bits per heavy atom. The van der Waals surface area contributed by atoms with Crippen LogP contribution in [-0.4, -0.2) is 53.7 Å². The van der Waals surface area contributed by atoms with E-state index in [2.05, 4.69) is 14.8 Å². The van der Waals surface area contributed by atoms with Crippen LogP contribution >= 0.6 is 0 Å². The summed E-state index contributed by atoms with van der Waals surface area (Å²) in [6.07, 6.45) is 0. The quantitative estimate of drug-likeness (QED) is 0.903. The van der Waals surface area contributed by atoms with E-state index in [-0.39, 0.29) is 5.91 Å². The zero-order chi connectivity index (χ0) is 15.5. The van der Waals surface area contributed by atoms with Crippen LogP contribution in [0.4, 0.5) is 0 Å². The van der Waals surface area contributed by atoms with Crippen molar-refractivity contribution in [1.82, 2.24) is 19.8 Å². The first-order valence-electron chi connectivity index (χ1n) is 7.71. The van der Waals surface area contributed by atoms with Gasteiger partial charge in [0.25, 0.3) is 5.91 Å². The van der Waals surface area contributed by atoms with Gasteiger partial charge in [0.1, 0.15) is 5.82 Å². The van der Waals surface area contributed by atoms with E-state index in [4.69, 9.17) is 9.72 Å². The number of aromatic nitrogens is 2. The number of amides is 1. The fourth-order valence-corrected chi connectivity index (χ4v) is 2.89. The van der Waals surface area contributed by atoms with Gasteiger partial charge in [-0.05, 0) is 25.1 Å². The third kappa shape index (κ3) is 2.84. The first-order chi connectivity index (χ1) is 10.7. The van der Waals surface area contributed by atoms with E-state index in [1.165, 1.54) is 0 Å². The summed E-state index contributed by atoms with van der Waals surface area (Å²) in [6, 6.07) is 5.76. The van der Waals surface area contributed by atoms with Crippen molar-refractivity contribution < 1.29 is 9.53 Å². The van der Waals surface area contributed by atoms with E-state index < -0.39 is 0 Å². The normalized spacial score (nSPS) is 15.0. The van der Waals surface area contributed by atoms with Crippen LogP contribution in [0.1, 0.15) is 23.1 Å². The smallest absolute Gasteiger partial charge is 0.251 e. The van der Waals surface area contributed by atoms with E-state index in [1.54, 1.807) is 7.11 Å². The maximum absolute atomic E-state index is 11.9. The topological polar surface area (TPSA) is 59.4 Å². The average Bonchev–Trinajstić information content (AvgIpc) is 2.89. The summed E-state index contributed by atoms with van der Waals surface area (Å²) in [5.74, 6) is 1.02. The molecule has 6 nitrogen and oxygen atoms in total. The van der Waals surface area contributed by atoms with Crippen LogP contribution in [0.3, 0.4) is 0 Å². The number of hydrogen-bond donors (Lipinski definition) is 1. The fraction of sp³-hybridized carbons (Fsp3) is 0.500. The highest BCUT2D eigenvalue weighted by Crippen LogP contribution is 2.22. The van der Waals surface area contributed by atoms with E-state index in [0.29, 0.717) is 12.1 Å². The predicted octanol–water partition coefficient (Wildman–Crippen LogP) is 1.25. The molecule has 1 N–H and O–H groups in total. The zero-order valence-electron chi connectivity index (χ0n) is 13.1. The first kappa shape index (κ1) is 15.0. The molecule has 0 atom stereocenters. The van der Waals surface area contributed by atoms with Crippen LogP contribution in [0, 0.1) is 0 Å². The van der Waals surface area contributed by atoms with Crippen LogP contribution in [0.25, 0.3) is 11.0 Å². The van der Waals surface area contributed by atoms with Crippen LogP contribution in [0.15, 0.2) is 18.2 Å². The predicted molar refractivity (Wildman–Crippen MR) is 84.9 cm³/mol. The van der Waals surface area contributed by atoms with E-state index in [1.807, 2.05) is 25.1 Å². The van der Waals surface area contributed by atoms with Crippen molar-refractivity contribution in [1.29, 1.82) is 0 Å². The molecule has 2 heterocycles. The Morgan fingerprint density at radius 3 is 3.05 bits per heavy atom. The van der Waals surface area contributed by atoms with Gasteiger partial charge < -0.3 is 14.6 Å². The lowest BCUT2D eigenvalue weighted by Gasteiger charge is -2.27. The van der Waals surface area contributed by atoms with Gasteiger partial charge in [-0.25, -0.2) is 4.98 Å². The SMILES string of the molecule is CCNC(=O)c1ccc2c(c1)nc1n2CCN(CCOC)C1. The van der Waals surface area contributed by atoms with E-state index in [0.717, 1.165) is 49.6 Å². The van der Waals surface area contributed by atoms with Crippen molar-refractivity contribution in [3.05, 3.63) is 29.6 Å². The highest BCUT2D eigenvalue weighted by molar-refractivity contribution is 5.97. The second-order valence-electron chi connectivity index (χ2n) is 5.51. The van der Waals surface area contributed by atoms with Crippen LogP contribution < -0.4 is 5.32 Å². The molecule has 6 heteroatoms. The van der Waals surface area contributed by atoms with Gasteiger partial charge in [-0.3, -0.25) is 9.69 Å². The average molecular weight is 302 g/mol. The number of hydrogen-bond acceptors (Lipinski definition) is 4. The van der Waals surface area contributed by atoms with Gasteiger partial charge >= 0.3 is 0 Å². The summed E-state index contributed by atoms with van der Waals surface area (Å²) in [5.41, 5.74) is 2.67. The molecule has 118 valence electrons. The number of carbonyl (C=O) groups is 1. The maximum atomic E-state index is 11.9. The van der Waals surface area contributed by atoms with Crippen molar-refractivity contribution in [3.8, 4) is 0 Å². The molecule has 0 spiro atoms. The summed E-state index contributed by atoms with van der Waals surface area (Å²) in [7, 11) is 1.72. The molecule has 0 bridgehead atoms. The molecule has 0 unspecified atom stereocenters. The minimum absolute atomic E-state index is 0.0444. The molecule has 0 radical (unpaired) electrons. The van der Waals surface area contributed by atoms with Gasteiger partial charge in [0, 0.05) is 38.9 Å². The second kappa shape index (κ2) is 6.46. The Morgan fingerprint density at radius 1 is 1.41 bits per heavy atom. The molecule has 1 amide bonds. The summed E-state index contributed by atoms with van der Waals surface area (Å²) in [4.78, 5) is 19.0. The van der Waals surface area contributed by atoms with Crippen molar-refractivity contribution in [2.75, 3.05) is 33.4 Å². The Labute approximate surface area is 130 Å². The molecular formula is C16H22N4O2. The van der Waals surface area contributed by atoms with Gasteiger partial charge in [0.2, 0.25) is 0 Å². The molecule has 0 aliphatic carbocycles. The standard InChI is InChI=1S/C16H22N4O2/c1-3-17-16(21)12-4-5-14-13(10-12)18-15-11-19(8-9-22-2)6-7-20(14)15/h4-5,10H,3,6-9,11H2,1-2H3,(H,17,21). The number of rotatable bonds is 5. The van der Waals surface area contributed by atoms with Gasteiger partial charge in [0.05, 0.1) is 24.2 Å². The maximum Gasteiger partial charge on any atom is 0.251 e.